The molecule has 0 radical (unpaired) electrons. The van der Waals surface area contributed by atoms with Crippen LogP contribution < -0.4 is 10.2 Å². The molecule has 2 aliphatic rings. The van der Waals surface area contributed by atoms with Crippen molar-refractivity contribution in [1.29, 1.82) is 0 Å². The smallest absolute Gasteiger partial charge is 0.152 e. The Labute approximate surface area is 125 Å². The maximum Gasteiger partial charge on any atom is 0.152 e. The number of rotatable bonds is 3. The second kappa shape index (κ2) is 6.19. The third-order valence-corrected chi connectivity index (χ3v) is 5.74. The second-order valence-corrected chi connectivity index (χ2v) is 7.83. The summed E-state index contributed by atoms with van der Waals surface area (Å²) in [4.78, 5) is 6.66. The Bertz CT molecular complexity index is 568. The number of hydrogen-bond donors (Lipinski definition) is 1. The lowest BCUT2D eigenvalue weighted by atomic mass is 10.2. The van der Waals surface area contributed by atoms with E-state index in [1.807, 2.05) is 12.1 Å². The van der Waals surface area contributed by atoms with Gasteiger partial charge in [-0.25, -0.2) is 13.4 Å². The summed E-state index contributed by atoms with van der Waals surface area (Å²) in [6.07, 6.45) is 3.41. The van der Waals surface area contributed by atoms with Gasteiger partial charge in [-0.2, -0.15) is 0 Å². The Morgan fingerprint density at radius 3 is 2.76 bits per heavy atom. The van der Waals surface area contributed by atoms with E-state index in [1.54, 1.807) is 6.20 Å². The van der Waals surface area contributed by atoms with Crippen molar-refractivity contribution in [3.05, 3.63) is 18.3 Å². The van der Waals surface area contributed by atoms with Crippen LogP contribution in [0.25, 0.3) is 0 Å². The van der Waals surface area contributed by atoms with Gasteiger partial charge in [-0.05, 0) is 25.0 Å². The quantitative estimate of drug-likeness (QED) is 0.894. The van der Waals surface area contributed by atoms with Crippen molar-refractivity contribution < 1.29 is 13.2 Å². The van der Waals surface area contributed by atoms with Gasteiger partial charge in [-0.1, -0.05) is 0 Å². The van der Waals surface area contributed by atoms with Crippen LogP contribution in [0.4, 0.5) is 11.5 Å². The molecule has 1 aromatic rings. The van der Waals surface area contributed by atoms with E-state index in [0.29, 0.717) is 5.75 Å². The first-order valence-corrected chi connectivity index (χ1v) is 9.20. The fourth-order valence-electron chi connectivity index (χ4n) is 2.82. The van der Waals surface area contributed by atoms with E-state index in [4.69, 9.17) is 4.74 Å². The molecule has 116 valence electrons. The normalized spacial score (nSPS) is 25.5. The van der Waals surface area contributed by atoms with Crippen LogP contribution in [0, 0.1) is 0 Å². The van der Waals surface area contributed by atoms with Gasteiger partial charge in [-0.3, -0.25) is 0 Å². The molecule has 2 aliphatic heterocycles. The molecule has 1 atom stereocenters. The average Bonchev–Trinajstić information content (AvgIpc) is 2.48. The number of aromatic nitrogens is 1. The molecular weight excluding hydrogens is 290 g/mol. The molecule has 6 nitrogen and oxygen atoms in total. The lowest BCUT2D eigenvalue weighted by Gasteiger charge is -2.28. The Balaban J connectivity index is 1.61. The molecule has 0 aliphatic carbocycles. The van der Waals surface area contributed by atoms with Crippen LogP contribution in [-0.2, 0) is 14.6 Å². The predicted octanol–water partition coefficient (Wildman–Crippen LogP) is 0.907. The van der Waals surface area contributed by atoms with Gasteiger partial charge < -0.3 is 15.0 Å². The molecular formula is C14H21N3O3S. The zero-order valence-corrected chi connectivity index (χ0v) is 12.8. The molecule has 2 fully saturated rings. The van der Waals surface area contributed by atoms with Crippen LogP contribution in [0.5, 0.6) is 0 Å². The summed E-state index contributed by atoms with van der Waals surface area (Å²) in [6.45, 7) is 3.20. The van der Waals surface area contributed by atoms with Crippen LogP contribution in [0.15, 0.2) is 18.3 Å². The van der Waals surface area contributed by atoms with Gasteiger partial charge in [0, 0.05) is 19.1 Å². The van der Waals surface area contributed by atoms with Crippen LogP contribution in [0.3, 0.4) is 0 Å². The van der Waals surface area contributed by atoms with Gasteiger partial charge in [0.15, 0.2) is 9.84 Å². The van der Waals surface area contributed by atoms with Gasteiger partial charge in [0.1, 0.15) is 5.82 Å². The molecule has 21 heavy (non-hydrogen) atoms. The third kappa shape index (κ3) is 3.85. The van der Waals surface area contributed by atoms with Gasteiger partial charge in [-0.15, -0.1) is 0 Å². The van der Waals surface area contributed by atoms with Crippen molar-refractivity contribution in [2.24, 2.45) is 0 Å². The first kappa shape index (κ1) is 14.6. The Morgan fingerprint density at radius 1 is 1.29 bits per heavy atom. The molecule has 0 bridgehead atoms. The Kier molecular flexibility index (Phi) is 4.30. The number of hydrogen-bond acceptors (Lipinski definition) is 6. The van der Waals surface area contributed by atoms with Gasteiger partial charge >= 0.3 is 0 Å². The minimum absolute atomic E-state index is 0.000198. The maximum absolute atomic E-state index is 11.6. The molecule has 3 heterocycles. The van der Waals surface area contributed by atoms with Crippen molar-refractivity contribution >= 4 is 21.3 Å². The number of nitrogens with one attached hydrogen (secondary N) is 1. The largest absolute Gasteiger partial charge is 0.380 e. The molecule has 1 aromatic heterocycles. The molecule has 0 aromatic carbocycles. The topological polar surface area (TPSA) is 71.5 Å². The predicted molar refractivity (Wildman–Crippen MR) is 82.6 cm³/mol. The maximum atomic E-state index is 11.6. The number of nitrogens with zero attached hydrogens (tertiary/aromatic N) is 2. The summed E-state index contributed by atoms with van der Waals surface area (Å²) >= 11 is 0. The number of pyridine rings is 1. The number of ether oxygens (including phenoxy) is 1. The molecule has 0 amide bonds. The summed E-state index contributed by atoms with van der Waals surface area (Å²) < 4.78 is 28.6. The van der Waals surface area contributed by atoms with Gasteiger partial charge in [0.25, 0.3) is 0 Å². The summed E-state index contributed by atoms with van der Waals surface area (Å²) in [5, 5.41) is 3.28. The zero-order chi connectivity index (χ0) is 14.7. The van der Waals surface area contributed by atoms with Crippen LogP contribution in [0.2, 0.25) is 0 Å². The molecule has 1 N–H and O–H groups in total. The van der Waals surface area contributed by atoms with Gasteiger partial charge in [0.2, 0.25) is 0 Å². The standard InChI is InChI=1S/C14H21N3O3S/c18-21(19)9-1-2-13(11-21)16-12-3-4-14(15-10-12)17-5-7-20-8-6-17/h3-4,10,13,16H,1-2,5-9,11H2. The highest BCUT2D eigenvalue weighted by Crippen LogP contribution is 2.19. The van der Waals surface area contributed by atoms with Gasteiger partial charge in [0.05, 0.1) is 36.6 Å². The summed E-state index contributed by atoms with van der Waals surface area (Å²) in [5.41, 5.74) is 0.883. The molecule has 2 saturated heterocycles. The number of sulfone groups is 1. The Morgan fingerprint density at radius 2 is 2.10 bits per heavy atom. The second-order valence-electron chi connectivity index (χ2n) is 5.60. The summed E-state index contributed by atoms with van der Waals surface area (Å²) in [6, 6.07) is 3.95. The van der Waals surface area contributed by atoms with Crippen molar-refractivity contribution in [3.8, 4) is 0 Å². The minimum Gasteiger partial charge on any atom is -0.380 e. The molecule has 7 heteroatoms. The highest BCUT2D eigenvalue weighted by Gasteiger charge is 2.24. The van der Waals surface area contributed by atoms with E-state index in [2.05, 4.69) is 15.2 Å². The fourth-order valence-corrected chi connectivity index (χ4v) is 4.46. The monoisotopic (exact) mass is 311 g/mol. The van der Waals surface area contributed by atoms with E-state index in [0.717, 1.165) is 50.7 Å². The highest BCUT2D eigenvalue weighted by molar-refractivity contribution is 7.91. The average molecular weight is 311 g/mol. The fraction of sp³-hybridized carbons (Fsp3) is 0.643. The van der Waals surface area contributed by atoms with Crippen molar-refractivity contribution in [1.82, 2.24) is 4.98 Å². The van der Waals surface area contributed by atoms with Crippen LogP contribution >= 0.6 is 0 Å². The Hall–Kier alpha value is -1.34. The first-order chi connectivity index (χ1) is 10.1. The molecule has 0 saturated carbocycles. The molecule has 3 rings (SSSR count). The van der Waals surface area contributed by atoms with E-state index in [-0.39, 0.29) is 11.8 Å². The number of anilines is 2. The van der Waals surface area contributed by atoms with Crippen molar-refractivity contribution in [2.75, 3.05) is 48.0 Å². The van der Waals surface area contributed by atoms with Crippen molar-refractivity contribution in [2.45, 2.75) is 18.9 Å². The van der Waals surface area contributed by atoms with Crippen LogP contribution in [-0.4, -0.2) is 57.3 Å². The lowest BCUT2D eigenvalue weighted by molar-refractivity contribution is 0.122. The molecule has 0 spiro atoms. The summed E-state index contributed by atoms with van der Waals surface area (Å²) in [7, 11) is -2.88. The van der Waals surface area contributed by atoms with E-state index in [1.165, 1.54) is 0 Å². The lowest BCUT2D eigenvalue weighted by Crippen LogP contribution is -2.37. The summed E-state index contributed by atoms with van der Waals surface area (Å²) in [5.74, 6) is 1.48. The SMILES string of the molecule is O=S1(=O)CCCC(Nc2ccc(N3CCOCC3)nc2)C1. The highest BCUT2D eigenvalue weighted by atomic mass is 32.2. The number of morpholine rings is 1. The third-order valence-electron chi connectivity index (χ3n) is 3.92. The van der Waals surface area contributed by atoms with E-state index in [9.17, 15) is 8.42 Å². The van der Waals surface area contributed by atoms with Crippen LogP contribution in [0.1, 0.15) is 12.8 Å². The van der Waals surface area contributed by atoms with E-state index < -0.39 is 9.84 Å². The molecule has 1 unspecified atom stereocenters. The van der Waals surface area contributed by atoms with E-state index >= 15 is 0 Å². The van der Waals surface area contributed by atoms with Crippen molar-refractivity contribution in [3.63, 3.8) is 0 Å². The minimum atomic E-state index is -2.88. The first-order valence-electron chi connectivity index (χ1n) is 7.38. The zero-order valence-electron chi connectivity index (χ0n) is 12.0.